The molecule has 106 valence electrons. The van der Waals surface area contributed by atoms with Crippen molar-refractivity contribution in [3.8, 4) is 11.8 Å². The lowest BCUT2D eigenvalue weighted by Gasteiger charge is -2.10. The van der Waals surface area contributed by atoms with Gasteiger partial charge in [0.05, 0.1) is 6.54 Å². The number of amides is 1. The van der Waals surface area contributed by atoms with E-state index < -0.39 is 0 Å². The number of aryl methyl sites for hydroxylation is 1. The first-order valence-electron chi connectivity index (χ1n) is 6.65. The van der Waals surface area contributed by atoms with E-state index in [2.05, 4.69) is 22.1 Å². The van der Waals surface area contributed by atoms with Gasteiger partial charge >= 0.3 is 0 Å². The molecule has 1 aromatic carbocycles. The van der Waals surface area contributed by atoms with Gasteiger partial charge in [-0.05, 0) is 43.2 Å². The number of aromatic nitrogens is 1. The van der Waals surface area contributed by atoms with Crippen LogP contribution in [0, 0.1) is 25.7 Å². The molecule has 0 saturated carbocycles. The van der Waals surface area contributed by atoms with Gasteiger partial charge in [-0.25, -0.2) is 4.98 Å². The molecular formula is C17H17N3O. The normalized spacial score (nSPS) is 9.67. The predicted octanol–water partition coefficient (Wildman–Crippen LogP) is 2.26. The lowest BCUT2D eigenvalue weighted by molar-refractivity contribution is 0.102. The van der Waals surface area contributed by atoms with Crippen LogP contribution in [-0.4, -0.2) is 17.4 Å². The van der Waals surface area contributed by atoms with Crippen LogP contribution < -0.4 is 11.1 Å². The summed E-state index contributed by atoms with van der Waals surface area (Å²) in [6.07, 6.45) is 1.65. The van der Waals surface area contributed by atoms with Gasteiger partial charge in [-0.15, -0.1) is 0 Å². The van der Waals surface area contributed by atoms with Crippen LogP contribution in [0.5, 0.6) is 0 Å². The first kappa shape index (κ1) is 14.8. The Morgan fingerprint density at radius 1 is 1.29 bits per heavy atom. The number of nitrogens with one attached hydrogen (secondary N) is 1. The Balaban J connectivity index is 2.30. The Morgan fingerprint density at radius 2 is 2.10 bits per heavy atom. The molecule has 3 N–H and O–H groups in total. The third-order valence-corrected chi connectivity index (χ3v) is 3.14. The van der Waals surface area contributed by atoms with Gasteiger partial charge in [-0.2, -0.15) is 0 Å². The summed E-state index contributed by atoms with van der Waals surface area (Å²) in [6.45, 7) is 4.07. The first-order valence-corrected chi connectivity index (χ1v) is 6.65. The van der Waals surface area contributed by atoms with E-state index in [1.54, 1.807) is 12.3 Å². The van der Waals surface area contributed by atoms with Crippen LogP contribution >= 0.6 is 0 Å². The summed E-state index contributed by atoms with van der Waals surface area (Å²) in [7, 11) is 0. The summed E-state index contributed by atoms with van der Waals surface area (Å²) in [4.78, 5) is 16.6. The minimum absolute atomic E-state index is 0.189. The molecule has 2 aromatic rings. The van der Waals surface area contributed by atoms with Crippen LogP contribution in [0.2, 0.25) is 0 Å². The van der Waals surface area contributed by atoms with Crippen molar-refractivity contribution >= 4 is 11.7 Å². The Kier molecular flexibility index (Phi) is 4.70. The van der Waals surface area contributed by atoms with E-state index in [-0.39, 0.29) is 5.91 Å². The van der Waals surface area contributed by atoms with Gasteiger partial charge in [-0.3, -0.25) is 4.79 Å². The Hall–Kier alpha value is -2.64. The van der Waals surface area contributed by atoms with E-state index in [0.717, 1.165) is 16.7 Å². The highest BCUT2D eigenvalue weighted by atomic mass is 16.1. The van der Waals surface area contributed by atoms with E-state index in [4.69, 9.17) is 5.73 Å². The van der Waals surface area contributed by atoms with Crippen LogP contribution in [0.15, 0.2) is 36.5 Å². The average Bonchev–Trinajstić information content (AvgIpc) is 2.48. The summed E-state index contributed by atoms with van der Waals surface area (Å²) < 4.78 is 0. The number of hydrogen-bond acceptors (Lipinski definition) is 3. The Morgan fingerprint density at radius 3 is 2.81 bits per heavy atom. The van der Waals surface area contributed by atoms with Crippen molar-refractivity contribution in [2.45, 2.75) is 13.8 Å². The maximum Gasteiger partial charge on any atom is 0.257 e. The Labute approximate surface area is 124 Å². The van der Waals surface area contributed by atoms with E-state index in [9.17, 15) is 4.79 Å². The van der Waals surface area contributed by atoms with Crippen LogP contribution in [0.25, 0.3) is 0 Å². The van der Waals surface area contributed by atoms with Crippen molar-refractivity contribution in [2.75, 3.05) is 11.9 Å². The number of nitrogens with zero attached hydrogens (tertiary/aromatic N) is 1. The highest BCUT2D eigenvalue weighted by Gasteiger charge is 2.12. The van der Waals surface area contributed by atoms with Crippen molar-refractivity contribution in [3.05, 3.63) is 58.8 Å². The Bertz CT molecular complexity index is 726. The van der Waals surface area contributed by atoms with Crippen LogP contribution in [-0.2, 0) is 0 Å². The van der Waals surface area contributed by atoms with Gasteiger partial charge in [-0.1, -0.05) is 24.0 Å². The third-order valence-electron chi connectivity index (χ3n) is 3.14. The van der Waals surface area contributed by atoms with Gasteiger partial charge in [0, 0.05) is 17.3 Å². The quantitative estimate of drug-likeness (QED) is 0.829. The zero-order valence-corrected chi connectivity index (χ0v) is 12.1. The number of pyridine rings is 1. The minimum Gasteiger partial charge on any atom is -0.320 e. The molecule has 0 atom stereocenters. The highest BCUT2D eigenvalue weighted by molar-refractivity contribution is 6.05. The molecule has 21 heavy (non-hydrogen) atoms. The van der Waals surface area contributed by atoms with Crippen molar-refractivity contribution in [1.29, 1.82) is 0 Å². The van der Waals surface area contributed by atoms with E-state index in [0.29, 0.717) is 17.9 Å². The smallest absolute Gasteiger partial charge is 0.257 e. The lowest BCUT2D eigenvalue weighted by Crippen LogP contribution is -2.15. The molecule has 1 heterocycles. The average molecular weight is 279 g/mol. The van der Waals surface area contributed by atoms with Crippen molar-refractivity contribution in [1.82, 2.24) is 4.98 Å². The summed E-state index contributed by atoms with van der Waals surface area (Å²) >= 11 is 0. The molecule has 0 bridgehead atoms. The zero-order valence-electron chi connectivity index (χ0n) is 12.1. The standard InChI is InChI=1S/C17H17N3O/c1-12-6-5-11-19-16(12)20-17(21)15-9-3-7-14(13(15)2)8-4-10-18/h3,5-7,9,11H,10,18H2,1-2H3,(H,19,20,21). The fraction of sp³-hybridized carbons (Fsp3) is 0.176. The van der Waals surface area contributed by atoms with Crippen LogP contribution in [0.3, 0.4) is 0 Å². The third kappa shape index (κ3) is 3.47. The van der Waals surface area contributed by atoms with Crippen molar-refractivity contribution < 1.29 is 4.79 Å². The minimum atomic E-state index is -0.189. The monoisotopic (exact) mass is 279 g/mol. The number of benzene rings is 1. The number of carbonyl (C=O) groups is 1. The molecule has 0 spiro atoms. The first-order chi connectivity index (χ1) is 10.1. The summed E-state index contributed by atoms with van der Waals surface area (Å²) in [5.41, 5.74) is 8.54. The molecular weight excluding hydrogens is 262 g/mol. The number of anilines is 1. The summed E-state index contributed by atoms with van der Waals surface area (Å²) in [5, 5.41) is 2.83. The van der Waals surface area contributed by atoms with Gasteiger partial charge in [0.25, 0.3) is 5.91 Å². The highest BCUT2D eigenvalue weighted by Crippen LogP contribution is 2.16. The number of nitrogens with two attached hydrogens (primary N) is 1. The predicted molar refractivity (Wildman–Crippen MR) is 84.0 cm³/mol. The maximum absolute atomic E-state index is 12.4. The molecule has 4 nitrogen and oxygen atoms in total. The summed E-state index contributed by atoms with van der Waals surface area (Å²) in [6, 6.07) is 9.20. The fourth-order valence-electron chi connectivity index (χ4n) is 1.95. The molecule has 1 aromatic heterocycles. The van der Waals surface area contributed by atoms with Gasteiger partial charge in [0.15, 0.2) is 0 Å². The lowest BCUT2D eigenvalue weighted by atomic mass is 10.0. The van der Waals surface area contributed by atoms with Crippen molar-refractivity contribution in [2.24, 2.45) is 5.73 Å². The van der Waals surface area contributed by atoms with Gasteiger partial charge in [0.1, 0.15) is 5.82 Å². The molecule has 0 aliphatic heterocycles. The molecule has 0 fully saturated rings. The molecule has 0 aliphatic rings. The van der Waals surface area contributed by atoms with Crippen LogP contribution in [0.4, 0.5) is 5.82 Å². The van der Waals surface area contributed by atoms with E-state index >= 15 is 0 Å². The van der Waals surface area contributed by atoms with Crippen molar-refractivity contribution in [3.63, 3.8) is 0 Å². The SMILES string of the molecule is Cc1cccnc1NC(=O)c1cccc(C#CCN)c1C. The second-order valence-electron chi connectivity index (χ2n) is 4.61. The molecule has 0 radical (unpaired) electrons. The number of rotatable bonds is 2. The molecule has 4 heteroatoms. The molecule has 0 saturated heterocycles. The van der Waals surface area contributed by atoms with E-state index in [1.807, 2.05) is 38.1 Å². The molecule has 0 unspecified atom stereocenters. The second kappa shape index (κ2) is 6.69. The maximum atomic E-state index is 12.4. The van der Waals surface area contributed by atoms with Gasteiger partial charge < -0.3 is 11.1 Å². The molecule has 1 amide bonds. The fourth-order valence-corrected chi connectivity index (χ4v) is 1.95. The topological polar surface area (TPSA) is 68.0 Å². The second-order valence-corrected chi connectivity index (χ2v) is 4.61. The zero-order chi connectivity index (χ0) is 15.2. The number of hydrogen-bond donors (Lipinski definition) is 2. The van der Waals surface area contributed by atoms with Gasteiger partial charge in [0.2, 0.25) is 0 Å². The largest absolute Gasteiger partial charge is 0.320 e. The number of carbonyl (C=O) groups excluding carboxylic acids is 1. The van der Waals surface area contributed by atoms with Crippen LogP contribution in [0.1, 0.15) is 27.0 Å². The molecule has 2 rings (SSSR count). The summed E-state index contributed by atoms with van der Waals surface area (Å²) in [5.74, 6) is 6.16. The molecule has 0 aliphatic carbocycles. The van der Waals surface area contributed by atoms with E-state index in [1.165, 1.54) is 0 Å².